The number of pyridine rings is 1. The Morgan fingerprint density at radius 1 is 1.06 bits per heavy atom. The van der Waals surface area contributed by atoms with Crippen LogP contribution in [0.1, 0.15) is 69.3 Å². The number of carbonyl (C=O) groups excluding carboxylic acids is 2. The van der Waals surface area contributed by atoms with Gasteiger partial charge in [0.25, 0.3) is 5.91 Å². The molecule has 3 N–H and O–H groups in total. The quantitative estimate of drug-likeness (QED) is 0.397. The van der Waals surface area contributed by atoms with Crippen molar-refractivity contribution in [2.45, 2.75) is 70.9 Å². The fourth-order valence-electron chi connectivity index (χ4n) is 4.65. The molecular formula is C26H32FN7O2. The highest BCUT2D eigenvalue weighted by molar-refractivity contribution is 6.03. The minimum Gasteiger partial charge on any atom is -0.379 e. The van der Waals surface area contributed by atoms with Crippen LogP contribution in [-0.2, 0) is 4.79 Å². The maximum atomic E-state index is 14.0. The summed E-state index contributed by atoms with van der Waals surface area (Å²) < 4.78 is 15.5. The molecule has 3 aromatic heterocycles. The van der Waals surface area contributed by atoms with Crippen LogP contribution in [0.3, 0.4) is 0 Å². The van der Waals surface area contributed by atoms with Crippen LogP contribution in [0.25, 0.3) is 5.65 Å². The standard InChI is InChI=1S/C26H32FN7O2/c1-15(2)23(35)11-16-3-5-18(6-4-16)31-24-12-21(30-17-7-8-17)25-29-14-22(34(25)33-24)26(36)32-20-9-10-28-13-19(20)27/h9-10,12-18,30H,3-8,11H2,1-2H3,(H,31,33)(H,28,32,36). The van der Waals surface area contributed by atoms with Gasteiger partial charge in [0.15, 0.2) is 17.2 Å². The van der Waals surface area contributed by atoms with E-state index in [1.807, 2.05) is 19.9 Å². The SMILES string of the molecule is CC(C)C(=O)CC1CCC(Nc2cc(NC3CC3)c3ncc(C(=O)Nc4ccncc4F)n3n2)CC1. The number of rotatable bonds is 9. The van der Waals surface area contributed by atoms with Crippen molar-refractivity contribution in [3.63, 3.8) is 0 Å². The molecule has 2 aliphatic carbocycles. The van der Waals surface area contributed by atoms with E-state index in [4.69, 9.17) is 0 Å². The van der Waals surface area contributed by atoms with Crippen molar-refractivity contribution in [1.82, 2.24) is 19.6 Å². The largest absolute Gasteiger partial charge is 0.379 e. The molecule has 3 heterocycles. The molecule has 2 aliphatic rings. The lowest BCUT2D eigenvalue weighted by Crippen LogP contribution is -2.28. The van der Waals surface area contributed by atoms with Gasteiger partial charge in [-0.1, -0.05) is 13.8 Å². The summed E-state index contributed by atoms with van der Waals surface area (Å²) in [6.45, 7) is 3.92. The van der Waals surface area contributed by atoms with E-state index in [0.717, 1.165) is 50.4 Å². The summed E-state index contributed by atoms with van der Waals surface area (Å²) in [6, 6.07) is 3.97. The summed E-state index contributed by atoms with van der Waals surface area (Å²) in [4.78, 5) is 33.3. The van der Waals surface area contributed by atoms with Gasteiger partial charge in [-0.05, 0) is 50.5 Å². The van der Waals surface area contributed by atoms with Crippen molar-refractivity contribution in [2.24, 2.45) is 11.8 Å². The van der Waals surface area contributed by atoms with Crippen LogP contribution in [-0.4, -0.2) is 43.4 Å². The second-order valence-electron chi connectivity index (χ2n) is 10.2. The Bertz CT molecular complexity index is 1260. The average Bonchev–Trinajstić information content (AvgIpc) is 3.57. The lowest BCUT2D eigenvalue weighted by Gasteiger charge is -2.29. The van der Waals surface area contributed by atoms with Crippen molar-refractivity contribution in [3.05, 3.63) is 42.2 Å². The summed E-state index contributed by atoms with van der Waals surface area (Å²) in [6.07, 6.45) is 10.7. The van der Waals surface area contributed by atoms with Gasteiger partial charge >= 0.3 is 0 Å². The van der Waals surface area contributed by atoms with E-state index in [9.17, 15) is 14.0 Å². The van der Waals surface area contributed by atoms with E-state index in [0.29, 0.717) is 35.6 Å². The monoisotopic (exact) mass is 493 g/mol. The van der Waals surface area contributed by atoms with Crippen LogP contribution in [0.5, 0.6) is 0 Å². The molecule has 10 heteroatoms. The number of anilines is 3. The van der Waals surface area contributed by atoms with E-state index >= 15 is 0 Å². The number of nitrogens with one attached hydrogen (secondary N) is 3. The molecule has 0 atom stereocenters. The van der Waals surface area contributed by atoms with Gasteiger partial charge in [0.2, 0.25) is 0 Å². The third-order valence-corrected chi connectivity index (χ3v) is 6.99. The molecule has 0 aromatic carbocycles. The molecule has 0 aliphatic heterocycles. The van der Waals surface area contributed by atoms with E-state index in [-0.39, 0.29) is 23.3 Å². The van der Waals surface area contributed by atoms with Gasteiger partial charge in [0.05, 0.1) is 23.8 Å². The fourth-order valence-corrected chi connectivity index (χ4v) is 4.65. The molecule has 0 radical (unpaired) electrons. The second-order valence-corrected chi connectivity index (χ2v) is 10.2. The number of ketones is 1. The van der Waals surface area contributed by atoms with Gasteiger partial charge < -0.3 is 16.0 Å². The summed E-state index contributed by atoms with van der Waals surface area (Å²) in [7, 11) is 0. The van der Waals surface area contributed by atoms with Gasteiger partial charge in [-0.25, -0.2) is 13.9 Å². The lowest BCUT2D eigenvalue weighted by molar-refractivity contribution is -0.123. The molecule has 0 spiro atoms. The predicted octanol–water partition coefficient (Wildman–Crippen LogP) is 4.68. The van der Waals surface area contributed by atoms with Crippen LogP contribution in [0.2, 0.25) is 0 Å². The van der Waals surface area contributed by atoms with Crippen molar-refractivity contribution >= 4 is 34.5 Å². The molecule has 2 saturated carbocycles. The summed E-state index contributed by atoms with van der Waals surface area (Å²) in [5, 5.41) is 14.3. The number of hydrogen-bond acceptors (Lipinski definition) is 7. The smallest absolute Gasteiger partial charge is 0.276 e. The maximum absolute atomic E-state index is 14.0. The maximum Gasteiger partial charge on any atom is 0.276 e. The van der Waals surface area contributed by atoms with Gasteiger partial charge in [-0.2, -0.15) is 0 Å². The first-order valence-corrected chi connectivity index (χ1v) is 12.7. The van der Waals surface area contributed by atoms with Crippen LogP contribution in [0.4, 0.5) is 21.6 Å². The van der Waals surface area contributed by atoms with Crippen LogP contribution in [0.15, 0.2) is 30.7 Å². The number of nitrogens with zero attached hydrogens (tertiary/aromatic N) is 4. The summed E-state index contributed by atoms with van der Waals surface area (Å²) in [5.74, 6) is 0.395. The molecule has 0 unspecified atom stereocenters. The molecular weight excluding hydrogens is 461 g/mol. The Kier molecular flexibility index (Phi) is 6.84. The van der Waals surface area contributed by atoms with E-state index in [2.05, 4.69) is 31.0 Å². The topological polar surface area (TPSA) is 113 Å². The van der Waals surface area contributed by atoms with Crippen molar-refractivity contribution < 1.29 is 14.0 Å². The highest BCUT2D eigenvalue weighted by Crippen LogP contribution is 2.32. The predicted molar refractivity (Wildman–Crippen MR) is 136 cm³/mol. The number of aromatic nitrogens is 4. The van der Waals surface area contributed by atoms with Crippen molar-refractivity contribution in [1.29, 1.82) is 0 Å². The van der Waals surface area contributed by atoms with E-state index in [1.165, 1.54) is 23.0 Å². The second kappa shape index (κ2) is 10.2. The lowest BCUT2D eigenvalue weighted by atomic mass is 9.82. The van der Waals surface area contributed by atoms with Crippen molar-refractivity contribution in [3.8, 4) is 0 Å². The average molecular weight is 494 g/mol. The molecule has 1 amide bonds. The first kappa shape index (κ1) is 24.1. The zero-order valence-corrected chi connectivity index (χ0v) is 20.6. The Morgan fingerprint density at radius 3 is 2.47 bits per heavy atom. The van der Waals surface area contributed by atoms with Gasteiger partial charge in [-0.15, -0.1) is 5.10 Å². The molecule has 5 rings (SSSR count). The molecule has 2 fully saturated rings. The number of amides is 1. The van der Waals surface area contributed by atoms with Crippen LogP contribution in [0, 0.1) is 17.7 Å². The number of halogens is 1. The minimum absolute atomic E-state index is 0.0447. The summed E-state index contributed by atoms with van der Waals surface area (Å²) in [5.41, 5.74) is 1.60. The Labute approximate surface area is 209 Å². The zero-order valence-electron chi connectivity index (χ0n) is 20.6. The normalized spacial score (nSPS) is 19.9. The Morgan fingerprint density at radius 2 is 1.78 bits per heavy atom. The molecule has 9 nitrogen and oxygen atoms in total. The molecule has 0 saturated heterocycles. The van der Waals surface area contributed by atoms with Crippen molar-refractivity contribution in [2.75, 3.05) is 16.0 Å². The summed E-state index contributed by atoms with van der Waals surface area (Å²) >= 11 is 0. The fraction of sp³-hybridized carbons (Fsp3) is 0.500. The molecule has 190 valence electrons. The molecule has 3 aromatic rings. The third-order valence-electron chi connectivity index (χ3n) is 6.99. The number of Topliss-reactive ketones (excluding diaryl/α,β-unsaturated/α-hetero) is 1. The highest BCUT2D eigenvalue weighted by Gasteiger charge is 2.27. The Hall–Kier alpha value is -3.56. The Balaban J connectivity index is 1.34. The first-order chi connectivity index (χ1) is 17.4. The molecule has 0 bridgehead atoms. The number of fused-ring (bicyclic) bond motifs is 1. The highest BCUT2D eigenvalue weighted by atomic mass is 19.1. The number of hydrogen-bond donors (Lipinski definition) is 3. The van der Waals surface area contributed by atoms with Crippen LogP contribution >= 0.6 is 0 Å². The minimum atomic E-state index is -0.614. The first-order valence-electron chi connectivity index (χ1n) is 12.7. The number of imidazole rings is 1. The van der Waals surface area contributed by atoms with E-state index in [1.54, 1.807) is 0 Å². The van der Waals surface area contributed by atoms with Crippen LogP contribution < -0.4 is 16.0 Å². The zero-order chi connectivity index (χ0) is 25.2. The number of carbonyl (C=O) groups is 2. The van der Waals surface area contributed by atoms with Gasteiger partial charge in [-0.3, -0.25) is 14.6 Å². The molecule has 36 heavy (non-hydrogen) atoms. The van der Waals surface area contributed by atoms with E-state index < -0.39 is 11.7 Å². The van der Waals surface area contributed by atoms with Gasteiger partial charge in [0, 0.05) is 36.7 Å². The van der Waals surface area contributed by atoms with Gasteiger partial charge in [0.1, 0.15) is 11.6 Å². The third kappa shape index (κ3) is 5.47.